The van der Waals surface area contributed by atoms with Crippen LogP contribution in [0.25, 0.3) is 0 Å². The van der Waals surface area contributed by atoms with Gasteiger partial charge in [0.05, 0.1) is 10.7 Å². The number of halogens is 3. The van der Waals surface area contributed by atoms with Crippen molar-refractivity contribution in [2.24, 2.45) is 0 Å². The molecule has 0 heterocycles. The van der Waals surface area contributed by atoms with Gasteiger partial charge < -0.3 is 10.6 Å². The Morgan fingerprint density at radius 1 is 1.56 bits per heavy atom. The van der Waals surface area contributed by atoms with E-state index >= 15 is 0 Å². The Hall–Kier alpha value is -0.810. The highest BCUT2D eigenvalue weighted by Gasteiger charge is 2.10. The molecule has 1 aromatic carbocycles. The van der Waals surface area contributed by atoms with E-state index in [9.17, 15) is 9.18 Å². The van der Waals surface area contributed by atoms with E-state index in [1.165, 1.54) is 6.07 Å². The zero-order chi connectivity index (χ0) is 12.1. The van der Waals surface area contributed by atoms with Gasteiger partial charge in [-0.15, -0.1) is 0 Å². The van der Waals surface area contributed by atoms with Crippen molar-refractivity contribution in [1.29, 1.82) is 0 Å². The Kier molecular flexibility index (Phi) is 5.02. The summed E-state index contributed by atoms with van der Waals surface area (Å²) in [5, 5.41) is 5.32. The van der Waals surface area contributed by atoms with E-state index in [0.29, 0.717) is 16.7 Å². The molecule has 0 radical (unpaired) electrons. The minimum Gasteiger partial charge on any atom is -0.338 e. The highest BCUT2D eigenvalue weighted by molar-refractivity contribution is 9.10. The molecule has 2 amide bonds. The Morgan fingerprint density at radius 3 is 2.81 bits per heavy atom. The Bertz CT molecular complexity index is 377. The summed E-state index contributed by atoms with van der Waals surface area (Å²) < 4.78 is 13.3. The average molecular weight is 310 g/mol. The van der Waals surface area contributed by atoms with Gasteiger partial charge in [0.2, 0.25) is 0 Å². The largest absolute Gasteiger partial charge is 0.338 e. The summed E-state index contributed by atoms with van der Waals surface area (Å²) in [6, 6.07) is 2.01. The summed E-state index contributed by atoms with van der Waals surface area (Å²) in [6.07, 6.45) is 0.839. The number of hydrogen-bond acceptors (Lipinski definition) is 1. The summed E-state index contributed by atoms with van der Waals surface area (Å²) in [5.74, 6) is -0.462. The van der Waals surface area contributed by atoms with Gasteiger partial charge in [-0.05, 0) is 34.5 Å². The van der Waals surface area contributed by atoms with Crippen LogP contribution in [0.1, 0.15) is 13.3 Å². The number of urea groups is 1. The van der Waals surface area contributed by atoms with E-state index in [0.717, 1.165) is 12.5 Å². The van der Waals surface area contributed by atoms with Gasteiger partial charge in [0.1, 0.15) is 5.82 Å². The van der Waals surface area contributed by atoms with Crippen molar-refractivity contribution < 1.29 is 9.18 Å². The molecular weight excluding hydrogens is 298 g/mol. The molecule has 88 valence electrons. The number of nitrogens with one attached hydrogen (secondary N) is 2. The van der Waals surface area contributed by atoms with Gasteiger partial charge in [-0.25, -0.2) is 9.18 Å². The number of anilines is 1. The summed E-state index contributed by atoms with van der Waals surface area (Å²) in [6.45, 7) is 2.52. The van der Waals surface area contributed by atoms with Gasteiger partial charge >= 0.3 is 6.03 Å². The molecule has 1 rings (SSSR count). The standard InChI is InChI=1S/C10H11BrClFN2O/c1-2-3-14-10(16)15-9-7(11)4-6(13)5-8(9)12/h4-5H,2-3H2,1H3,(H2,14,15,16). The molecule has 0 aliphatic heterocycles. The normalized spacial score (nSPS) is 10.0. The number of carbonyl (C=O) groups excluding carboxylic acids is 1. The smallest absolute Gasteiger partial charge is 0.319 e. The monoisotopic (exact) mass is 308 g/mol. The molecule has 0 fully saturated rings. The van der Waals surface area contributed by atoms with E-state index in [1.807, 2.05) is 6.92 Å². The second-order valence-electron chi connectivity index (χ2n) is 3.13. The van der Waals surface area contributed by atoms with E-state index in [1.54, 1.807) is 0 Å². The maximum atomic E-state index is 12.9. The highest BCUT2D eigenvalue weighted by atomic mass is 79.9. The minimum atomic E-state index is -0.462. The van der Waals surface area contributed by atoms with Crippen LogP contribution in [0.5, 0.6) is 0 Å². The predicted octanol–water partition coefficient (Wildman–Crippen LogP) is 3.77. The third kappa shape index (κ3) is 3.64. The van der Waals surface area contributed by atoms with Crippen molar-refractivity contribution in [3.05, 3.63) is 27.4 Å². The molecule has 0 saturated carbocycles. The van der Waals surface area contributed by atoms with Crippen molar-refractivity contribution >= 4 is 39.2 Å². The number of benzene rings is 1. The second-order valence-corrected chi connectivity index (χ2v) is 4.39. The van der Waals surface area contributed by atoms with E-state index in [-0.39, 0.29) is 11.1 Å². The van der Waals surface area contributed by atoms with E-state index in [2.05, 4.69) is 26.6 Å². The number of amides is 2. The molecule has 0 aliphatic carbocycles. The Balaban J connectivity index is 2.77. The van der Waals surface area contributed by atoms with Crippen LogP contribution in [0.4, 0.5) is 14.9 Å². The Labute approximate surface area is 106 Å². The Morgan fingerprint density at radius 2 is 2.25 bits per heavy atom. The van der Waals surface area contributed by atoms with Crippen LogP contribution in [0.15, 0.2) is 16.6 Å². The van der Waals surface area contributed by atoms with Crippen LogP contribution < -0.4 is 10.6 Å². The van der Waals surface area contributed by atoms with Crippen LogP contribution in [-0.2, 0) is 0 Å². The fourth-order valence-corrected chi connectivity index (χ4v) is 1.96. The molecule has 0 unspecified atom stereocenters. The first-order valence-corrected chi connectivity index (χ1v) is 5.91. The van der Waals surface area contributed by atoms with E-state index < -0.39 is 5.82 Å². The van der Waals surface area contributed by atoms with Crippen molar-refractivity contribution in [3.8, 4) is 0 Å². The lowest BCUT2D eigenvalue weighted by Gasteiger charge is -2.10. The lowest BCUT2D eigenvalue weighted by Crippen LogP contribution is -2.29. The van der Waals surface area contributed by atoms with Gasteiger partial charge in [0, 0.05) is 11.0 Å². The summed E-state index contributed by atoms with van der Waals surface area (Å²) in [5.41, 5.74) is 0.358. The molecule has 0 saturated heterocycles. The van der Waals surface area contributed by atoms with Crippen molar-refractivity contribution in [2.45, 2.75) is 13.3 Å². The number of carbonyl (C=O) groups is 1. The van der Waals surface area contributed by atoms with Crippen LogP contribution in [-0.4, -0.2) is 12.6 Å². The van der Waals surface area contributed by atoms with Gasteiger partial charge in [0.25, 0.3) is 0 Å². The molecule has 2 N–H and O–H groups in total. The van der Waals surface area contributed by atoms with Crippen LogP contribution in [0.3, 0.4) is 0 Å². The van der Waals surface area contributed by atoms with E-state index in [4.69, 9.17) is 11.6 Å². The number of hydrogen-bond donors (Lipinski definition) is 2. The minimum absolute atomic E-state index is 0.151. The van der Waals surface area contributed by atoms with Crippen molar-refractivity contribution in [1.82, 2.24) is 5.32 Å². The van der Waals surface area contributed by atoms with Gasteiger partial charge in [-0.1, -0.05) is 18.5 Å². The molecule has 0 spiro atoms. The summed E-state index contributed by atoms with van der Waals surface area (Å²) in [4.78, 5) is 11.4. The lowest BCUT2D eigenvalue weighted by atomic mass is 10.3. The highest BCUT2D eigenvalue weighted by Crippen LogP contribution is 2.31. The van der Waals surface area contributed by atoms with Crippen LogP contribution >= 0.6 is 27.5 Å². The number of rotatable bonds is 3. The maximum Gasteiger partial charge on any atom is 0.319 e. The molecule has 6 heteroatoms. The fourth-order valence-electron chi connectivity index (χ4n) is 1.06. The first kappa shape index (κ1) is 13.3. The molecule has 3 nitrogen and oxygen atoms in total. The van der Waals surface area contributed by atoms with Crippen LogP contribution in [0.2, 0.25) is 5.02 Å². The van der Waals surface area contributed by atoms with Gasteiger partial charge in [-0.3, -0.25) is 0 Å². The summed E-state index contributed by atoms with van der Waals surface area (Å²) in [7, 11) is 0. The van der Waals surface area contributed by atoms with Crippen molar-refractivity contribution in [3.63, 3.8) is 0 Å². The third-order valence-electron chi connectivity index (χ3n) is 1.78. The fraction of sp³-hybridized carbons (Fsp3) is 0.300. The quantitative estimate of drug-likeness (QED) is 0.876. The van der Waals surface area contributed by atoms with Gasteiger partial charge in [0.15, 0.2) is 0 Å². The molecule has 0 bridgehead atoms. The second kappa shape index (κ2) is 6.06. The lowest BCUT2D eigenvalue weighted by molar-refractivity contribution is 0.252. The molecule has 0 atom stereocenters. The molecule has 16 heavy (non-hydrogen) atoms. The predicted molar refractivity (Wildman–Crippen MR) is 66.4 cm³/mol. The SMILES string of the molecule is CCCNC(=O)Nc1c(Cl)cc(F)cc1Br. The zero-order valence-corrected chi connectivity index (χ0v) is 11.0. The first-order chi connectivity index (χ1) is 7.54. The zero-order valence-electron chi connectivity index (χ0n) is 8.61. The van der Waals surface area contributed by atoms with Crippen LogP contribution in [0, 0.1) is 5.82 Å². The third-order valence-corrected chi connectivity index (χ3v) is 2.70. The molecule has 0 aliphatic rings. The first-order valence-electron chi connectivity index (χ1n) is 4.74. The topological polar surface area (TPSA) is 41.1 Å². The average Bonchev–Trinajstić information content (AvgIpc) is 2.20. The molecule has 1 aromatic rings. The van der Waals surface area contributed by atoms with Gasteiger partial charge in [-0.2, -0.15) is 0 Å². The molecular formula is C10H11BrClFN2O. The summed E-state index contributed by atoms with van der Waals surface area (Å²) >= 11 is 8.93. The maximum absolute atomic E-state index is 12.9. The molecule has 0 aromatic heterocycles. The van der Waals surface area contributed by atoms with Crippen molar-refractivity contribution in [2.75, 3.05) is 11.9 Å².